The van der Waals surface area contributed by atoms with Gasteiger partial charge in [0.15, 0.2) is 5.96 Å². The fraction of sp³-hybridized carbons (Fsp3) is 0.542. The molecule has 7 heteroatoms. The zero-order valence-electron chi connectivity index (χ0n) is 18.9. The van der Waals surface area contributed by atoms with Crippen molar-refractivity contribution >= 4 is 11.9 Å². The highest BCUT2D eigenvalue weighted by atomic mass is 15.4. The lowest BCUT2D eigenvalue weighted by Gasteiger charge is -2.36. The quantitative estimate of drug-likeness (QED) is 0.592. The number of guanidine groups is 1. The predicted molar refractivity (Wildman–Crippen MR) is 126 cm³/mol. The van der Waals surface area contributed by atoms with Crippen LogP contribution >= 0.6 is 0 Å². The molecule has 4 rings (SSSR count). The average molecular weight is 422 g/mol. The number of piperazine rings is 1. The molecule has 166 valence electrons. The summed E-state index contributed by atoms with van der Waals surface area (Å²) in [4.78, 5) is 20.5. The van der Waals surface area contributed by atoms with Gasteiger partial charge in [-0.3, -0.25) is 9.89 Å². The third-order valence-corrected chi connectivity index (χ3v) is 6.50. The molecule has 1 unspecified atom stereocenters. The van der Waals surface area contributed by atoms with Crippen LogP contribution in [-0.4, -0.2) is 71.5 Å². The number of nitrogens with zero attached hydrogens (tertiary/aromatic N) is 6. The molecular weight excluding hydrogens is 386 g/mol. The van der Waals surface area contributed by atoms with Gasteiger partial charge < -0.3 is 15.1 Å². The minimum atomic E-state index is 0.674. The van der Waals surface area contributed by atoms with Gasteiger partial charge in [0, 0.05) is 64.8 Å². The summed E-state index contributed by atoms with van der Waals surface area (Å²) >= 11 is 0. The van der Waals surface area contributed by atoms with Gasteiger partial charge in [-0.2, -0.15) is 0 Å². The van der Waals surface area contributed by atoms with Gasteiger partial charge in [-0.15, -0.1) is 0 Å². The largest absolute Gasteiger partial charge is 0.352 e. The third-order valence-electron chi connectivity index (χ3n) is 6.50. The number of likely N-dealkylation sites (tertiary alicyclic amines) is 1. The minimum Gasteiger partial charge on any atom is -0.352 e. The zero-order chi connectivity index (χ0) is 21.5. The maximum absolute atomic E-state index is 4.55. The van der Waals surface area contributed by atoms with Crippen molar-refractivity contribution in [1.82, 2.24) is 25.1 Å². The SMILES string of the molecule is CN=C(NCc1ccccc1CN1CCCCC1C)N1CCN(c2ncccn2)CC1. The molecule has 1 aromatic heterocycles. The molecule has 3 heterocycles. The third kappa shape index (κ3) is 5.53. The second-order valence-corrected chi connectivity index (χ2v) is 8.51. The molecule has 1 N–H and O–H groups in total. The number of hydrogen-bond donors (Lipinski definition) is 1. The van der Waals surface area contributed by atoms with Crippen LogP contribution < -0.4 is 10.2 Å². The Labute approximate surface area is 186 Å². The summed E-state index contributed by atoms with van der Waals surface area (Å²) in [5, 5.41) is 3.61. The van der Waals surface area contributed by atoms with Gasteiger partial charge >= 0.3 is 0 Å². The zero-order valence-corrected chi connectivity index (χ0v) is 18.9. The highest BCUT2D eigenvalue weighted by Crippen LogP contribution is 2.21. The fourth-order valence-corrected chi connectivity index (χ4v) is 4.57. The van der Waals surface area contributed by atoms with Crippen molar-refractivity contribution in [3.63, 3.8) is 0 Å². The first-order valence-corrected chi connectivity index (χ1v) is 11.5. The van der Waals surface area contributed by atoms with E-state index in [4.69, 9.17) is 0 Å². The first kappa shape index (κ1) is 21.6. The molecular formula is C24H35N7. The van der Waals surface area contributed by atoms with E-state index in [0.717, 1.165) is 51.2 Å². The van der Waals surface area contributed by atoms with Crippen LogP contribution in [0, 0.1) is 0 Å². The van der Waals surface area contributed by atoms with E-state index in [1.165, 1.54) is 36.9 Å². The molecule has 2 saturated heterocycles. The lowest BCUT2D eigenvalue weighted by molar-refractivity contribution is 0.152. The standard InChI is InChI=1S/C24H35N7/c1-20-8-5-6-13-31(20)19-22-10-4-3-9-21(22)18-28-23(25-2)29-14-16-30(17-15-29)24-26-11-7-12-27-24/h3-4,7,9-12,20H,5-6,8,13-19H2,1-2H3,(H,25,28). The second kappa shape index (κ2) is 10.6. The van der Waals surface area contributed by atoms with E-state index in [9.17, 15) is 0 Å². The number of benzene rings is 1. The van der Waals surface area contributed by atoms with Crippen molar-refractivity contribution in [1.29, 1.82) is 0 Å². The number of hydrogen-bond acceptors (Lipinski definition) is 5. The maximum Gasteiger partial charge on any atom is 0.225 e. The molecule has 2 aromatic rings. The Morgan fingerprint density at radius 3 is 2.45 bits per heavy atom. The Morgan fingerprint density at radius 2 is 1.74 bits per heavy atom. The monoisotopic (exact) mass is 421 g/mol. The van der Waals surface area contributed by atoms with Gasteiger partial charge in [0.2, 0.25) is 5.95 Å². The van der Waals surface area contributed by atoms with E-state index < -0.39 is 0 Å². The average Bonchev–Trinajstić information content (AvgIpc) is 2.83. The normalized spacial score (nSPS) is 20.7. The smallest absolute Gasteiger partial charge is 0.225 e. The van der Waals surface area contributed by atoms with Crippen LogP contribution in [0.4, 0.5) is 5.95 Å². The summed E-state index contributed by atoms with van der Waals surface area (Å²) in [5.41, 5.74) is 2.78. The van der Waals surface area contributed by atoms with Gasteiger partial charge in [0.05, 0.1) is 0 Å². The molecule has 2 aliphatic rings. The lowest BCUT2D eigenvalue weighted by Crippen LogP contribution is -2.52. The van der Waals surface area contributed by atoms with Crippen molar-refractivity contribution < 1.29 is 0 Å². The summed E-state index contributed by atoms with van der Waals surface area (Å²) in [6.07, 6.45) is 7.60. The summed E-state index contributed by atoms with van der Waals surface area (Å²) in [7, 11) is 1.87. The van der Waals surface area contributed by atoms with Gasteiger partial charge in [-0.05, 0) is 43.5 Å². The van der Waals surface area contributed by atoms with Crippen LogP contribution in [0.2, 0.25) is 0 Å². The lowest BCUT2D eigenvalue weighted by atomic mass is 10.0. The van der Waals surface area contributed by atoms with E-state index in [0.29, 0.717) is 6.04 Å². The molecule has 31 heavy (non-hydrogen) atoms. The molecule has 1 atom stereocenters. The van der Waals surface area contributed by atoms with Crippen LogP contribution in [0.15, 0.2) is 47.7 Å². The van der Waals surface area contributed by atoms with E-state index in [1.54, 1.807) is 12.4 Å². The highest BCUT2D eigenvalue weighted by molar-refractivity contribution is 5.80. The summed E-state index contributed by atoms with van der Waals surface area (Å²) in [5.74, 6) is 1.78. The van der Waals surface area contributed by atoms with Crippen LogP contribution in [-0.2, 0) is 13.1 Å². The van der Waals surface area contributed by atoms with Crippen molar-refractivity contribution in [3.05, 3.63) is 53.9 Å². The Balaban J connectivity index is 1.33. The van der Waals surface area contributed by atoms with Crippen molar-refractivity contribution in [2.75, 3.05) is 44.7 Å². The Hall–Kier alpha value is -2.67. The second-order valence-electron chi connectivity index (χ2n) is 8.51. The van der Waals surface area contributed by atoms with Crippen LogP contribution in [0.3, 0.4) is 0 Å². The van der Waals surface area contributed by atoms with Crippen LogP contribution in [0.1, 0.15) is 37.3 Å². The molecule has 2 fully saturated rings. The molecule has 7 nitrogen and oxygen atoms in total. The molecule has 2 aliphatic heterocycles. The molecule has 0 aliphatic carbocycles. The number of rotatable bonds is 5. The van der Waals surface area contributed by atoms with Gasteiger partial charge in [0.25, 0.3) is 0 Å². The van der Waals surface area contributed by atoms with Gasteiger partial charge in [-0.1, -0.05) is 30.7 Å². The van der Waals surface area contributed by atoms with E-state index in [1.807, 2.05) is 13.1 Å². The summed E-state index contributed by atoms with van der Waals surface area (Å²) in [6.45, 7) is 9.01. The van der Waals surface area contributed by atoms with Gasteiger partial charge in [0.1, 0.15) is 0 Å². The maximum atomic E-state index is 4.55. The van der Waals surface area contributed by atoms with E-state index in [-0.39, 0.29) is 0 Å². The first-order chi connectivity index (χ1) is 15.2. The fourth-order valence-electron chi connectivity index (χ4n) is 4.57. The summed E-state index contributed by atoms with van der Waals surface area (Å²) < 4.78 is 0. The first-order valence-electron chi connectivity index (χ1n) is 11.5. The number of anilines is 1. The highest BCUT2D eigenvalue weighted by Gasteiger charge is 2.22. The van der Waals surface area contributed by atoms with Gasteiger partial charge in [-0.25, -0.2) is 9.97 Å². The Bertz CT molecular complexity index is 846. The number of nitrogens with one attached hydrogen (secondary N) is 1. The van der Waals surface area contributed by atoms with Crippen molar-refractivity contribution in [2.45, 2.75) is 45.3 Å². The molecule has 0 bridgehead atoms. The molecule has 0 spiro atoms. The Kier molecular flexibility index (Phi) is 7.35. The predicted octanol–water partition coefficient (Wildman–Crippen LogP) is 2.75. The Morgan fingerprint density at radius 1 is 1.00 bits per heavy atom. The van der Waals surface area contributed by atoms with Crippen molar-refractivity contribution in [2.24, 2.45) is 4.99 Å². The molecule has 0 amide bonds. The van der Waals surface area contributed by atoms with Crippen molar-refractivity contribution in [3.8, 4) is 0 Å². The van der Waals surface area contributed by atoms with Crippen LogP contribution in [0.5, 0.6) is 0 Å². The number of aliphatic imine (C=N–C) groups is 1. The number of piperidine rings is 1. The molecule has 0 radical (unpaired) electrons. The molecule has 0 saturated carbocycles. The molecule has 1 aromatic carbocycles. The summed E-state index contributed by atoms with van der Waals surface area (Å²) in [6, 6.07) is 11.4. The topological polar surface area (TPSA) is 59.9 Å². The van der Waals surface area contributed by atoms with Crippen LogP contribution in [0.25, 0.3) is 0 Å². The van der Waals surface area contributed by atoms with E-state index >= 15 is 0 Å². The minimum absolute atomic E-state index is 0.674. The number of aromatic nitrogens is 2. The van der Waals surface area contributed by atoms with E-state index in [2.05, 4.69) is 66.2 Å².